The maximum Gasteiger partial charge on any atom is 0.315 e. The summed E-state index contributed by atoms with van der Waals surface area (Å²) in [7, 11) is 0. The Labute approximate surface area is 124 Å². The van der Waals surface area contributed by atoms with Crippen LogP contribution in [0.1, 0.15) is 50.7 Å². The average molecular weight is 296 g/mol. The Kier molecular flexibility index (Phi) is 5.17. The number of hydrogen-bond donors (Lipinski definition) is 3. The number of nitrogens with one attached hydrogen (secondary N) is 2. The third-order valence-electron chi connectivity index (χ3n) is 4.20. The first-order valence-electron chi connectivity index (χ1n) is 7.49. The summed E-state index contributed by atoms with van der Waals surface area (Å²) >= 11 is 0. The minimum atomic E-state index is -0.588. The summed E-state index contributed by atoms with van der Waals surface area (Å²) in [5.41, 5.74) is -0.588. The molecule has 21 heavy (non-hydrogen) atoms. The van der Waals surface area contributed by atoms with E-state index in [9.17, 15) is 9.90 Å². The van der Waals surface area contributed by atoms with Crippen LogP contribution in [0, 0.1) is 12.8 Å². The molecule has 1 atom stereocenters. The van der Waals surface area contributed by atoms with Crippen LogP contribution in [0.25, 0.3) is 0 Å². The molecule has 0 aliphatic heterocycles. The van der Waals surface area contributed by atoms with Gasteiger partial charge in [-0.15, -0.1) is 0 Å². The number of carbonyl (C=O) groups is 1. The fraction of sp³-hybridized carbons (Fsp3) is 0.786. The molecule has 0 saturated heterocycles. The standard InChI is InChI=1S/C14H24N4O3/c1-10-16-12(21-18-10)8-15-13(20)17-14(2,9-19)11-6-4-3-5-7-11/h11,19H,3-9H2,1-2H3,(H2,15,17,20)/t14-/m0/s1. The van der Waals surface area contributed by atoms with Crippen LogP contribution in [0.2, 0.25) is 0 Å². The molecule has 1 saturated carbocycles. The molecule has 7 heteroatoms. The molecule has 118 valence electrons. The topological polar surface area (TPSA) is 100 Å². The lowest BCUT2D eigenvalue weighted by atomic mass is 9.76. The van der Waals surface area contributed by atoms with Gasteiger partial charge >= 0.3 is 6.03 Å². The maximum atomic E-state index is 12.0. The minimum Gasteiger partial charge on any atom is -0.394 e. The predicted octanol–water partition coefficient (Wildman–Crippen LogP) is 1.51. The quantitative estimate of drug-likeness (QED) is 0.764. The molecule has 2 rings (SSSR count). The monoisotopic (exact) mass is 296 g/mol. The number of nitrogens with zero attached hydrogens (tertiary/aromatic N) is 2. The fourth-order valence-electron chi connectivity index (χ4n) is 2.88. The van der Waals surface area contributed by atoms with Crippen molar-refractivity contribution < 1.29 is 14.4 Å². The number of aliphatic hydroxyl groups is 1. The molecular weight excluding hydrogens is 272 g/mol. The van der Waals surface area contributed by atoms with Gasteiger partial charge in [0, 0.05) is 0 Å². The normalized spacial score (nSPS) is 19.0. The maximum absolute atomic E-state index is 12.0. The molecule has 0 radical (unpaired) electrons. The highest BCUT2D eigenvalue weighted by molar-refractivity contribution is 5.74. The van der Waals surface area contributed by atoms with Gasteiger partial charge in [-0.2, -0.15) is 4.98 Å². The first kappa shape index (κ1) is 15.8. The molecule has 1 aromatic heterocycles. The van der Waals surface area contributed by atoms with Gasteiger partial charge in [0.05, 0.1) is 18.7 Å². The van der Waals surface area contributed by atoms with Crippen LogP contribution in [-0.2, 0) is 6.54 Å². The van der Waals surface area contributed by atoms with E-state index in [2.05, 4.69) is 20.8 Å². The predicted molar refractivity (Wildman–Crippen MR) is 76.5 cm³/mol. The molecule has 2 amide bonds. The van der Waals surface area contributed by atoms with E-state index in [-0.39, 0.29) is 19.2 Å². The van der Waals surface area contributed by atoms with Gasteiger partial charge in [0.2, 0.25) is 5.89 Å². The van der Waals surface area contributed by atoms with E-state index in [1.807, 2.05) is 6.92 Å². The Hall–Kier alpha value is -1.63. The Morgan fingerprint density at radius 1 is 1.43 bits per heavy atom. The molecule has 1 aliphatic carbocycles. The molecular formula is C14H24N4O3. The van der Waals surface area contributed by atoms with Gasteiger partial charge in [-0.3, -0.25) is 0 Å². The number of hydrogen-bond acceptors (Lipinski definition) is 5. The second kappa shape index (κ2) is 6.89. The van der Waals surface area contributed by atoms with Gasteiger partial charge in [-0.05, 0) is 32.6 Å². The van der Waals surface area contributed by atoms with E-state index in [0.717, 1.165) is 25.7 Å². The average Bonchev–Trinajstić information content (AvgIpc) is 2.91. The zero-order valence-electron chi connectivity index (χ0n) is 12.7. The van der Waals surface area contributed by atoms with E-state index in [1.54, 1.807) is 6.92 Å². The Balaban J connectivity index is 1.86. The molecule has 1 heterocycles. The van der Waals surface area contributed by atoms with Crippen molar-refractivity contribution in [2.24, 2.45) is 5.92 Å². The zero-order chi connectivity index (χ0) is 15.3. The number of aromatic nitrogens is 2. The van der Waals surface area contributed by atoms with Crippen molar-refractivity contribution in [2.45, 2.75) is 58.0 Å². The summed E-state index contributed by atoms with van der Waals surface area (Å²) in [5.74, 6) is 1.22. The van der Waals surface area contributed by atoms with Crippen molar-refractivity contribution >= 4 is 6.03 Å². The number of urea groups is 1. The number of aryl methyl sites for hydroxylation is 1. The van der Waals surface area contributed by atoms with Gasteiger partial charge < -0.3 is 20.3 Å². The van der Waals surface area contributed by atoms with Crippen LogP contribution in [0.15, 0.2) is 4.52 Å². The van der Waals surface area contributed by atoms with Gasteiger partial charge in [0.1, 0.15) is 0 Å². The smallest absolute Gasteiger partial charge is 0.315 e. The summed E-state index contributed by atoms with van der Waals surface area (Å²) in [6.07, 6.45) is 5.64. The Morgan fingerprint density at radius 2 is 2.14 bits per heavy atom. The summed E-state index contributed by atoms with van der Waals surface area (Å²) < 4.78 is 4.93. The van der Waals surface area contributed by atoms with Crippen molar-refractivity contribution in [3.8, 4) is 0 Å². The van der Waals surface area contributed by atoms with Crippen molar-refractivity contribution in [1.29, 1.82) is 0 Å². The molecule has 1 fully saturated rings. The third-order valence-corrected chi connectivity index (χ3v) is 4.20. The van der Waals surface area contributed by atoms with E-state index in [1.165, 1.54) is 6.42 Å². The first-order valence-corrected chi connectivity index (χ1v) is 7.49. The highest BCUT2D eigenvalue weighted by Crippen LogP contribution is 2.32. The highest BCUT2D eigenvalue weighted by Gasteiger charge is 2.35. The second-order valence-electron chi connectivity index (χ2n) is 5.95. The fourth-order valence-corrected chi connectivity index (χ4v) is 2.88. The van der Waals surface area contributed by atoms with E-state index in [0.29, 0.717) is 17.6 Å². The van der Waals surface area contributed by atoms with E-state index >= 15 is 0 Å². The number of aliphatic hydroxyl groups excluding tert-OH is 1. The summed E-state index contributed by atoms with van der Waals surface area (Å²) in [6, 6.07) is -0.326. The zero-order valence-corrected chi connectivity index (χ0v) is 12.7. The number of carbonyl (C=O) groups excluding carboxylic acids is 1. The van der Waals surface area contributed by atoms with Crippen LogP contribution in [0.5, 0.6) is 0 Å². The summed E-state index contributed by atoms with van der Waals surface area (Å²) in [4.78, 5) is 16.0. The molecule has 0 unspecified atom stereocenters. The van der Waals surface area contributed by atoms with Crippen LogP contribution in [0.4, 0.5) is 4.79 Å². The minimum absolute atomic E-state index is 0.0647. The molecule has 1 aliphatic rings. The first-order chi connectivity index (χ1) is 10.0. The second-order valence-corrected chi connectivity index (χ2v) is 5.95. The van der Waals surface area contributed by atoms with Gasteiger partial charge in [-0.1, -0.05) is 24.4 Å². The van der Waals surface area contributed by atoms with Crippen LogP contribution < -0.4 is 10.6 Å². The van der Waals surface area contributed by atoms with Crippen LogP contribution in [-0.4, -0.2) is 33.4 Å². The lowest BCUT2D eigenvalue weighted by Gasteiger charge is -2.39. The van der Waals surface area contributed by atoms with Crippen molar-refractivity contribution in [3.05, 3.63) is 11.7 Å². The lowest BCUT2D eigenvalue weighted by molar-refractivity contribution is 0.101. The van der Waals surface area contributed by atoms with E-state index in [4.69, 9.17) is 4.52 Å². The Morgan fingerprint density at radius 3 is 2.71 bits per heavy atom. The number of rotatable bonds is 5. The van der Waals surface area contributed by atoms with Crippen molar-refractivity contribution in [2.75, 3.05) is 6.61 Å². The molecule has 0 aromatic carbocycles. The molecule has 7 nitrogen and oxygen atoms in total. The largest absolute Gasteiger partial charge is 0.394 e. The van der Waals surface area contributed by atoms with Gasteiger partial charge in [0.25, 0.3) is 0 Å². The van der Waals surface area contributed by atoms with Crippen molar-refractivity contribution in [3.63, 3.8) is 0 Å². The van der Waals surface area contributed by atoms with Gasteiger partial charge in [0.15, 0.2) is 5.82 Å². The number of amides is 2. The molecule has 0 spiro atoms. The van der Waals surface area contributed by atoms with Gasteiger partial charge in [-0.25, -0.2) is 4.79 Å². The van der Waals surface area contributed by atoms with E-state index < -0.39 is 5.54 Å². The summed E-state index contributed by atoms with van der Waals surface area (Å²) in [6.45, 7) is 3.74. The molecule has 1 aromatic rings. The van der Waals surface area contributed by atoms with Crippen molar-refractivity contribution in [1.82, 2.24) is 20.8 Å². The third kappa shape index (κ3) is 4.17. The highest BCUT2D eigenvalue weighted by atomic mass is 16.5. The van der Waals surface area contributed by atoms with Crippen LogP contribution in [0.3, 0.4) is 0 Å². The lowest BCUT2D eigenvalue weighted by Crippen LogP contribution is -2.57. The Bertz CT molecular complexity index is 471. The van der Waals surface area contributed by atoms with Crippen LogP contribution >= 0.6 is 0 Å². The summed E-state index contributed by atoms with van der Waals surface area (Å²) in [5, 5.41) is 18.9. The SMILES string of the molecule is Cc1noc(CNC(=O)N[C@@](C)(CO)C2CCCCC2)n1. The molecule has 3 N–H and O–H groups in total. The molecule has 0 bridgehead atoms.